The van der Waals surface area contributed by atoms with Gasteiger partial charge in [-0.2, -0.15) is 0 Å². The van der Waals surface area contributed by atoms with Crippen molar-refractivity contribution in [3.05, 3.63) is 23.8 Å². The lowest BCUT2D eigenvalue weighted by Gasteiger charge is -2.11. The summed E-state index contributed by atoms with van der Waals surface area (Å²) in [5, 5.41) is 1.77. The molecule has 0 aromatic carbocycles. The second-order valence-electron chi connectivity index (χ2n) is 4.47. The maximum Gasteiger partial charge on any atom is 0.174 e. The highest BCUT2D eigenvalue weighted by Crippen LogP contribution is 2.30. The molecule has 0 radical (unpaired) electrons. The maximum absolute atomic E-state index is 5.93. The number of aryl methyl sites for hydroxylation is 1. The molecule has 2 heterocycles. The van der Waals surface area contributed by atoms with E-state index in [0.717, 1.165) is 21.6 Å². The Morgan fingerprint density at radius 3 is 2.61 bits per heavy atom. The summed E-state index contributed by atoms with van der Waals surface area (Å²) in [6, 6.07) is 0. The molecule has 0 aliphatic rings. The number of rotatable bonds is 3. The molecule has 2 aromatic heterocycles. The molecule has 0 saturated carbocycles. The highest BCUT2D eigenvalue weighted by atomic mass is 32.2. The molecule has 0 bridgehead atoms. The van der Waals surface area contributed by atoms with Crippen LogP contribution in [0.25, 0.3) is 0 Å². The van der Waals surface area contributed by atoms with E-state index in [-0.39, 0.29) is 5.92 Å². The smallest absolute Gasteiger partial charge is 0.174 e. The minimum Gasteiger partial charge on any atom is -0.383 e. The number of anilines is 1. The van der Waals surface area contributed by atoms with Gasteiger partial charge in [-0.05, 0) is 18.7 Å². The zero-order valence-corrected chi connectivity index (χ0v) is 11.8. The van der Waals surface area contributed by atoms with Gasteiger partial charge in [0.2, 0.25) is 0 Å². The van der Waals surface area contributed by atoms with Gasteiger partial charge in [0.25, 0.3) is 0 Å². The second-order valence-corrected chi connectivity index (χ2v) is 5.43. The van der Waals surface area contributed by atoms with Crippen molar-refractivity contribution in [2.24, 2.45) is 7.05 Å². The van der Waals surface area contributed by atoms with Crippen molar-refractivity contribution in [1.82, 2.24) is 19.5 Å². The van der Waals surface area contributed by atoms with Crippen LogP contribution in [0.2, 0.25) is 0 Å². The van der Waals surface area contributed by atoms with Gasteiger partial charge < -0.3 is 10.3 Å². The molecule has 2 aromatic rings. The van der Waals surface area contributed by atoms with Crippen molar-refractivity contribution in [3.8, 4) is 0 Å². The third kappa shape index (κ3) is 2.48. The molecule has 0 amide bonds. The van der Waals surface area contributed by atoms with Gasteiger partial charge in [-0.15, -0.1) is 0 Å². The summed E-state index contributed by atoms with van der Waals surface area (Å²) in [5.41, 5.74) is 6.84. The van der Waals surface area contributed by atoms with Crippen molar-refractivity contribution in [2.45, 2.75) is 36.9 Å². The van der Waals surface area contributed by atoms with Crippen LogP contribution in [0, 0.1) is 6.92 Å². The number of imidazole rings is 1. The lowest BCUT2D eigenvalue weighted by molar-refractivity contribution is 0.746. The molecule has 0 atom stereocenters. The minimum atomic E-state index is 0.258. The van der Waals surface area contributed by atoms with Crippen LogP contribution in [0.3, 0.4) is 0 Å². The minimum absolute atomic E-state index is 0.258. The number of hydrogen-bond donors (Lipinski definition) is 1. The quantitative estimate of drug-likeness (QED) is 0.861. The van der Waals surface area contributed by atoms with Crippen molar-refractivity contribution < 1.29 is 0 Å². The highest BCUT2D eigenvalue weighted by Gasteiger charge is 2.13. The summed E-state index contributed by atoms with van der Waals surface area (Å²) >= 11 is 1.51. The lowest BCUT2D eigenvalue weighted by Crippen LogP contribution is -2.06. The standard InChI is InChI=1S/C12H17N5S/c1-7(2)10-15-9(13)8(3)11(16-10)18-12-14-5-6-17(12)4/h5-7H,1-4H3,(H2,13,15,16). The van der Waals surface area contributed by atoms with E-state index >= 15 is 0 Å². The third-order valence-corrected chi connectivity index (χ3v) is 3.80. The Balaban J connectivity index is 2.41. The first-order chi connectivity index (χ1) is 8.49. The Morgan fingerprint density at radius 2 is 2.06 bits per heavy atom. The van der Waals surface area contributed by atoms with E-state index in [1.54, 1.807) is 6.20 Å². The fraction of sp³-hybridized carbons (Fsp3) is 0.417. The zero-order chi connectivity index (χ0) is 13.3. The van der Waals surface area contributed by atoms with Gasteiger partial charge >= 0.3 is 0 Å². The molecule has 96 valence electrons. The molecule has 2 N–H and O–H groups in total. The lowest BCUT2D eigenvalue weighted by atomic mass is 10.2. The van der Waals surface area contributed by atoms with Gasteiger partial charge in [0.1, 0.15) is 16.7 Å². The highest BCUT2D eigenvalue weighted by molar-refractivity contribution is 7.99. The van der Waals surface area contributed by atoms with Gasteiger partial charge in [0.15, 0.2) is 5.16 Å². The molecule has 0 aliphatic heterocycles. The normalized spacial score (nSPS) is 11.2. The molecule has 0 unspecified atom stereocenters. The largest absolute Gasteiger partial charge is 0.383 e. The Hall–Kier alpha value is -1.56. The van der Waals surface area contributed by atoms with Crippen LogP contribution in [-0.4, -0.2) is 19.5 Å². The number of nitrogens with two attached hydrogens (primary N) is 1. The molecular weight excluding hydrogens is 246 g/mol. The van der Waals surface area contributed by atoms with Crippen molar-refractivity contribution in [3.63, 3.8) is 0 Å². The average molecular weight is 263 g/mol. The van der Waals surface area contributed by atoms with Crippen LogP contribution >= 0.6 is 11.8 Å². The van der Waals surface area contributed by atoms with Gasteiger partial charge in [0, 0.05) is 30.9 Å². The Kier molecular flexibility index (Phi) is 3.56. The van der Waals surface area contributed by atoms with E-state index in [2.05, 4.69) is 28.8 Å². The molecule has 18 heavy (non-hydrogen) atoms. The summed E-state index contributed by atoms with van der Waals surface area (Å²) in [6.07, 6.45) is 3.68. The van der Waals surface area contributed by atoms with Gasteiger partial charge in [-0.3, -0.25) is 0 Å². The number of nitrogen functional groups attached to an aromatic ring is 1. The van der Waals surface area contributed by atoms with Crippen LogP contribution in [0.5, 0.6) is 0 Å². The van der Waals surface area contributed by atoms with Crippen molar-refractivity contribution in [2.75, 3.05) is 5.73 Å². The Labute approximate surface area is 111 Å². The van der Waals surface area contributed by atoms with Gasteiger partial charge in [0.05, 0.1) is 0 Å². The van der Waals surface area contributed by atoms with Crippen LogP contribution in [0.15, 0.2) is 22.6 Å². The van der Waals surface area contributed by atoms with Crippen LogP contribution < -0.4 is 5.73 Å². The van der Waals surface area contributed by atoms with E-state index in [0.29, 0.717) is 5.82 Å². The monoisotopic (exact) mass is 263 g/mol. The summed E-state index contributed by atoms with van der Waals surface area (Å²) < 4.78 is 1.96. The van der Waals surface area contributed by atoms with Crippen molar-refractivity contribution in [1.29, 1.82) is 0 Å². The number of hydrogen-bond acceptors (Lipinski definition) is 5. The molecule has 5 nitrogen and oxygen atoms in total. The predicted octanol–water partition coefficient (Wildman–Crippen LogP) is 2.38. The van der Waals surface area contributed by atoms with Crippen LogP contribution in [0.4, 0.5) is 5.82 Å². The predicted molar refractivity (Wildman–Crippen MR) is 72.6 cm³/mol. The fourth-order valence-electron chi connectivity index (χ4n) is 1.42. The molecule has 2 rings (SSSR count). The average Bonchev–Trinajstić information content (AvgIpc) is 2.70. The number of nitrogens with zero attached hydrogens (tertiary/aromatic N) is 4. The maximum atomic E-state index is 5.93. The molecule has 0 saturated heterocycles. The van der Waals surface area contributed by atoms with Gasteiger partial charge in [-0.1, -0.05) is 13.8 Å². The first-order valence-electron chi connectivity index (χ1n) is 5.78. The molecular formula is C12H17N5S. The van der Waals surface area contributed by atoms with Crippen molar-refractivity contribution >= 4 is 17.6 Å². The van der Waals surface area contributed by atoms with Crippen LogP contribution in [-0.2, 0) is 7.05 Å². The summed E-state index contributed by atoms with van der Waals surface area (Å²) in [4.78, 5) is 13.2. The van der Waals surface area contributed by atoms with Gasteiger partial charge in [-0.25, -0.2) is 15.0 Å². The summed E-state index contributed by atoms with van der Waals surface area (Å²) in [6.45, 7) is 6.04. The van der Waals surface area contributed by atoms with E-state index in [4.69, 9.17) is 5.73 Å². The SMILES string of the molecule is Cc1c(N)nc(C(C)C)nc1Sc1nccn1C. The number of aromatic nitrogens is 4. The summed E-state index contributed by atoms with van der Waals surface area (Å²) in [7, 11) is 1.96. The first-order valence-corrected chi connectivity index (χ1v) is 6.60. The second kappa shape index (κ2) is 4.97. The fourth-order valence-corrected chi connectivity index (χ4v) is 2.31. The van der Waals surface area contributed by atoms with E-state index < -0.39 is 0 Å². The van der Waals surface area contributed by atoms with Crippen LogP contribution in [0.1, 0.15) is 31.2 Å². The zero-order valence-electron chi connectivity index (χ0n) is 11.0. The summed E-state index contributed by atoms with van der Waals surface area (Å²) in [5.74, 6) is 1.58. The molecule has 0 aliphatic carbocycles. The Bertz CT molecular complexity index is 562. The molecule has 0 spiro atoms. The first kappa shape index (κ1) is 12.9. The molecule has 0 fully saturated rings. The Morgan fingerprint density at radius 1 is 1.33 bits per heavy atom. The molecule has 6 heteroatoms. The topological polar surface area (TPSA) is 69.6 Å². The van der Waals surface area contributed by atoms with E-state index in [9.17, 15) is 0 Å². The third-order valence-electron chi connectivity index (χ3n) is 2.64. The van der Waals surface area contributed by atoms with E-state index in [1.807, 2.05) is 24.7 Å². The van der Waals surface area contributed by atoms with E-state index in [1.165, 1.54) is 11.8 Å².